The van der Waals surface area contributed by atoms with Crippen LogP contribution in [0.25, 0.3) is 11.8 Å². The van der Waals surface area contributed by atoms with Crippen LogP contribution in [0.3, 0.4) is 0 Å². The molecule has 45 heavy (non-hydrogen) atoms. The normalized spacial score (nSPS) is 21.4. The van der Waals surface area contributed by atoms with Crippen LogP contribution in [-0.4, -0.2) is 63.5 Å². The molecule has 238 valence electrons. The largest absolute Gasteiger partial charge is 0.427 e. The zero-order valence-corrected chi connectivity index (χ0v) is 25.3. The van der Waals surface area contributed by atoms with Crippen LogP contribution in [0, 0.1) is 11.2 Å². The van der Waals surface area contributed by atoms with Crippen molar-refractivity contribution in [1.82, 2.24) is 28.6 Å². The van der Waals surface area contributed by atoms with E-state index in [1.165, 1.54) is 47.6 Å². The molecule has 1 unspecified atom stereocenters. The Morgan fingerprint density at radius 2 is 1.96 bits per heavy atom. The van der Waals surface area contributed by atoms with Crippen molar-refractivity contribution >= 4 is 38.8 Å². The molecule has 6 rings (SSSR count). The smallest absolute Gasteiger partial charge is 0.339 e. The number of allylic oxidation sites excluding steroid dienone is 1. The number of thiazole rings is 1. The first-order chi connectivity index (χ1) is 21.2. The number of alkyl halides is 5. The zero-order valence-electron chi connectivity index (χ0n) is 23.7. The van der Waals surface area contributed by atoms with Gasteiger partial charge in [-0.25, -0.2) is 36.3 Å². The SMILES string of the molecule is C=S(=O)(c1cn(C)cn1)N(CC(F)F)[C@H]1CCC2=Cc3c(cnn3-c3ccc(F)cc3)C[C@]2(C(=O)c2ncc(C(F)(F)F)s2)C1. The third-order valence-corrected chi connectivity index (χ3v) is 11.3. The first-order valence-electron chi connectivity index (χ1n) is 13.7. The predicted molar refractivity (Wildman–Crippen MR) is 156 cm³/mol. The molecule has 8 nitrogen and oxygen atoms in total. The van der Waals surface area contributed by atoms with E-state index < -0.39 is 56.8 Å². The molecule has 2 aliphatic carbocycles. The van der Waals surface area contributed by atoms with Gasteiger partial charge < -0.3 is 4.57 Å². The Morgan fingerprint density at radius 3 is 2.58 bits per heavy atom. The summed E-state index contributed by atoms with van der Waals surface area (Å²) in [5.74, 6) is 2.66. The molecule has 1 saturated carbocycles. The summed E-state index contributed by atoms with van der Waals surface area (Å²) < 4.78 is 100. The second-order valence-corrected chi connectivity index (χ2v) is 14.3. The molecule has 0 bridgehead atoms. The molecular weight excluding hydrogens is 642 g/mol. The van der Waals surface area contributed by atoms with Crippen molar-refractivity contribution in [2.75, 3.05) is 6.54 Å². The third kappa shape index (κ3) is 5.63. The van der Waals surface area contributed by atoms with Crippen molar-refractivity contribution in [2.24, 2.45) is 12.5 Å². The van der Waals surface area contributed by atoms with Crippen LogP contribution >= 0.6 is 11.3 Å². The van der Waals surface area contributed by atoms with E-state index >= 15 is 0 Å². The highest BCUT2D eigenvalue weighted by atomic mass is 32.2. The summed E-state index contributed by atoms with van der Waals surface area (Å²) in [4.78, 5) is 21.2. The molecule has 0 radical (unpaired) electrons. The number of nitrogens with zero attached hydrogens (tertiary/aromatic N) is 6. The van der Waals surface area contributed by atoms with E-state index in [4.69, 9.17) is 0 Å². The standard InChI is InChI=1S/C29H26F6N6O2S2/c1-39-15-25(37-16-39)45(2,43)40(14-24(31)32)21-6-3-18-9-22-17(12-38-41(22)20-7-4-19(30)5-8-20)10-28(18,11-21)26(42)27-36-13-23(44-27)29(33,34)35/h4-5,7-9,12-13,15-16,21,24H,2-3,6,10-11,14H2,1H3/t21-,28-,45?/m0/s1. The lowest BCUT2D eigenvalue weighted by Gasteiger charge is -2.47. The fourth-order valence-corrected chi connectivity index (χ4v) is 8.77. The average Bonchev–Trinajstić information content (AvgIpc) is 3.74. The first-order valence-corrected chi connectivity index (χ1v) is 16.2. The van der Waals surface area contributed by atoms with Crippen molar-refractivity contribution in [2.45, 2.75) is 49.4 Å². The number of aryl methyl sites for hydroxylation is 1. The molecule has 1 fully saturated rings. The molecule has 3 atom stereocenters. The van der Waals surface area contributed by atoms with E-state index in [0.29, 0.717) is 28.7 Å². The van der Waals surface area contributed by atoms with Crippen molar-refractivity contribution < 1.29 is 35.3 Å². The number of aromatic nitrogens is 5. The van der Waals surface area contributed by atoms with Crippen molar-refractivity contribution in [1.29, 1.82) is 0 Å². The maximum absolute atomic E-state index is 14.3. The number of carbonyl (C=O) groups is 1. The van der Waals surface area contributed by atoms with Crippen LogP contribution in [0.2, 0.25) is 0 Å². The summed E-state index contributed by atoms with van der Waals surface area (Å²) in [6, 6.07) is 4.74. The van der Waals surface area contributed by atoms with Crippen LogP contribution < -0.4 is 0 Å². The second-order valence-electron chi connectivity index (χ2n) is 11.1. The second kappa shape index (κ2) is 11.2. The van der Waals surface area contributed by atoms with Crippen molar-refractivity contribution in [3.63, 3.8) is 0 Å². The Hall–Kier alpha value is -3.76. The molecule has 4 aromatic rings. The minimum absolute atomic E-state index is 0.00591. The van der Waals surface area contributed by atoms with Gasteiger partial charge >= 0.3 is 6.18 Å². The fourth-order valence-electron chi connectivity index (χ4n) is 6.15. The number of Topliss-reactive ketones (excluding diaryl/α,β-unsaturated/α-hetero) is 1. The molecule has 3 aromatic heterocycles. The third-order valence-electron chi connectivity index (χ3n) is 8.23. The number of hydrogen-bond donors (Lipinski definition) is 0. The molecule has 0 spiro atoms. The minimum Gasteiger partial charge on any atom is -0.339 e. The van der Waals surface area contributed by atoms with E-state index in [0.717, 1.165) is 4.31 Å². The first kappa shape index (κ1) is 31.2. The van der Waals surface area contributed by atoms with Gasteiger partial charge in [-0.3, -0.25) is 4.79 Å². The van der Waals surface area contributed by atoms with E-state index in [-0.39, 0.29) is 47.1 Å². The van der Waals surface area contributed by atoms with Gasteiger partial charge in [-0.1, -0.05) is 5.57 Å². The maximum Gasteiger partial charge on any atom is 0.427 e. The Labute approximate surface area is 258 Å². The summed E-state index contributed by atoms with van der Waals surface area (Å²) in [5, 5.41) is 4.05. The predicted octanol–water partition coefficient (Wildman–Crippen LogP) is 5.84. The number of halogens is 6. The Kier molecular flexibility index (Phi) is 7.80. The number of hydrogen-bond acceptors (Lipinski definition) is 6. The number of fused-ring (bicyclic) bond motifs is 2. The van der Waals surface area contributed by atoms with E-state index in [9.17, 15) is 35.3 Å². The Bertz CT molecular complexity index is 1890. The Morgan fingerprint density at radius 1 is 1.22 bits per heavy atom. The number of imidazole rings is 1. The lowest BCUT2D eigenvalue weighted by atomic mass is 9.61. The molecule has 0 saturated heterocycles. The summed E-state index contributed by atoms with van der Waals surface area (Å²) >= 11 is 0.218. The van der Waals surface area contributed by atoms with Gasteiger partial charge in [0.05, 0.1) is 51.8 Å². The highest BCUT2D eigenvalue weighted by Gasteiger charge is 2.52. The molecule has 2 aliphatic rings. The van der Waals surface area contributed by atoms with Crippen LogP contribution in [-0.2, 0) is 29.4 Å². The highest BCUT2D eigenvalue weighted by molar-refractivity contribution is 7.98. The average molecular weight is 669 g/mol. The lowest BCUT2D eigenvalue weighted by molar-refractivity contribution is -0.134. The summed E-state index contributed by atoms with van der Waals surface area (Å²) in [5.41, 5.74) is 0.798. The summed E-state index contributed by atoms with van der Waals surface area (Å²) in [7, 11) is -1.93. The molecule has 1 aromatic carbocycles. The summed E-state index contributed by atoms with van der Waals surface area (Å²) in [6.07, 6.45) is -0.731. The Balaban J connectivity index is 1.45. The molecule has 0 aliphatic heterocycles. The lowest BCUT2D eigenvalue weighted by Crippen LogP contribution is -2.51. The number of rotatable bonds is 8. The zero-order chi connectivity index (χ0) is 32.3. The minimum atomic E-state index is -4.71. The molecular formula is C29H26F6N6O2S2. The fraction of sp³-hybridized carbons (Fsp3) is 0.345. The maximum atomic E-state index is 14.3. The van der Waals surface area contributed by atoms with Crippen molar-refractivity contribution in [3.8, 4) is 5.69 Å². The van der Waals surface area contributed by atoms with Gasteiger partial charge in [-0.05, 0) is 67.5 Å². The quantitative estimate of drug-likeness (QED) is 0.134. The van der Waals surface area contributed by atoms with Gasteiger partial charge in [0.1, 0.15) is 10.7 Å². The van der Waals surface area contributed by atoms with Crippen LogP contribution in [0.1, 0.15) is 45.2 Å². The molecule has 3 heterocycles. The molecule has 0 amide bonds. The van der Waals surface area contributed by atoms with E-state index in [1.54, 1.807) is 17.8 Å². The topological polar surface area (TPSA) is 85.9 Å². The highest BCUT2D eigenvalue weighted by Crippen LogP contribution is 2.52. The van der Waals surface area contributed by atoms with Crippen LogP contribution in [0.15, 0.2) is 59.8 Å². The van der Waals surface area contributed by atoms with Crippen LogP contribution in [0.5, 0.6) is 0 Å². The van der Waals surface area contributed by atoms with Gasteiger partial charge in [0.2, 0.25) is 5.78 Å². The van der Waals surface area contributed by atoms with E-state index in [2.05, 4.69) is 20.9 Å². The monoisotopic (exact) mass is 668 g/mol. The van der Waals surface area contributed by atoms with Gasteiger partial charge in [0.15, 0.2) is 10.0 Å². The summed E-state index contributed by atoms with van der Waals surface area (Å²) in [6.45, 7) is -0.921. The number of ketones is 1. The van der Waals surface area contributed by atoms with Crippen molar-refractivity contribution in [3.05, 3.63) is 81.7 Å². The van der Waals surface area contributed by atoms with Gasteiger partial charge in [0.25, 0.3) is 6.43 Å². The molecule has 0 N–H and O–H groups in total. The molecule has 16 heteroatoms. The van der Waals surface area contributed by atoms with Gasteiger partial charge in [-0.15, -0.1) is 11.3 Å². The van der Waals surface area contributed by atoms with Gasteiger partial charge in [-0.2, -0.15) is 18.3 Å². The number of carbonyl (C=O) groups excluding carboxylic acids is 1. The van der Waals surface area contributed by atoms with Gasteiger partial charge in [0, 0.05) is 19.3 Å². The number of benzene rings is 1. The van der Waals surface area contributed by atoms with E-state index in [1.807, 2.05) is 0 Å². The van der Waals surface area contributed by atoms with Crippen LogP contribution in [0.4, 0.5) is 26.3 Å².